The second-order valence-corrected chi connectivity index (χ2v) is 8.18. The van der Waals surface area contributed by atoms with E-state index in [0.717, 1.165) is 5.69 Å². The van der Waals surface area contributed by atoms with Gasteiger partial charge in [-0.25, -0.2) is 8.42 Å². The summed E-state index contributed by atoms with van der Waals surface area (Å²) in [5.41, 5.74) is 1.17. The SMILES string of the molecule is CN(C)c1ccc(Cl)cc1NC(=O)CS(=O)(=O)c1ccc(Cl)cc1. The maximum absolute atomic E-state index is 12.3. The van der Waals surface area contributed by atoms with Crippen LogP contribution in [0.4, 0.5) is 11.4 Å². The molecule has 1 amide bonds. The zero-order valence-electron chi connectivity index (χ0n) is 13.1. The van der Waals surface area contributed by atoms with Gasteiger partial charge in [-0.05, 0) is 42.5 Å². The zero-order chi connectivity index (χ0) is 17.9. The number of halogens is 2. The van der Waals surface area contributed by atoms with Crippen molar-refractivity contribution in [1.82, 2.24) is 0 Å². The highest BCUT2D eigenvalue weighted by Crippen LogP contribution is 2.28. The first-order valence-electron chi connectivity index (χ1n) is 6.94. The van der Waals surface area contributed by atoms with E-state index in [-0.39, 0.29) is 4.90 Å². The van der Waals surface area contributed by atoms with E-state index < -0.39 is 21.5 Å². The highest BCUT2D eigenvalue weighted by atomic mass is 35.5. The Morgan fingerprint density at radius 1 is 1.04 bits per heavy atom. The zero-order valence-corrected chi connectivity index (χ0v) is 15.4. The topological polar surface area (TPSA) is 66.5 Å². The first-order valence-corrected chi connectivity index (χ1v) is 9.35. The van der Waals surface area contributed by atoms with Crippen molar-refractivity contribution in [3.05, 3.63) is 52.5 Å². The molecule has 0 aromatic heterocycles. The van der Waals surface area contributed by atoms with E-state index in [0.29, 0.717) is 15.7 Å². The minimum Gasteiger partial charge on any atom is -0.376 e. The molecule has 0 atom stereocenters. The standard InChI is InChI=1S/C16H16Cl2N2O3S/c1-20(2)15-8-5-12(18)9-14(15)19-16(21)10-24(22,23)13-6-3-11(17)4-7-13/h3-9H,10H2,1-2H3,(H,19,21). The van der Waals surface area contributed by atoms with Crippen LogP contribution in [0, 0.1) is 0 Å². The molecule has 0 unspecified atom stereocenters. The quantitative estimate of drug-likeness (QED) is 0.853. The maximum atomic E-state index is 12.3. The molecule has 0 spiro atoms. The molecule has 1 N–H and O–H groups in total. The van der Waals surface area contributed by atoms with Crippen LogP contribution in [0.2, 0.25) is 10.0 Å². The highest BCUT2D eigenvalue weighted by molar-refractivity contribution is 7.92. The van der Waals surface area contributed by atoms with Crippen molar-refractivity contribution in [2.24, 2.45) is 0 Å². The van der Waals surface area contributed by atoms with Crippen LogP contribution in [0.25, 0.3) is 0 Å². The summed E-state index contributed by atoms with van der Waals surface area (Å²) in [4.78, 5) is 14.0. The van der Waals surface area contributed by atoms with Gasteiger partial charge in [0.15, 0.2) is 9.84 Å². The third kappa shape index (κ3) is 4.63. The Morgan fingerprint density at radius 2 is 1.62 bits per heavy atom. The molecule has 0 saturated heterocycles. The van der Waals surface area contributed by atoms with Crippen molar-refractivity contribution < 1.29 is 13.2 Å². The van der Waals surface area contributed by atoms with Gasteiger partial charge in [0, 0.05) is 24.1 Å². The van der Waals surface area contributed by atoms with E-state index in [1.54, 1.807) is 23.1 Å². The molecule has 2 aromatic rings. The molecule has 8 heteroatoms. The lowest BCUT2D eigenvalue weighted by Gasteiger charge is -2.18. The Kier molecular flexibility index (Phi) is 5.74. The molecule has 0 aliphatic carbocycles. The van der Waals surface area contributed by atoms with Gasteiger partial charge in [-0.2, -0.15) is 0 Å². The van der Waals surface area contributed by atoms with E-state index in [9.17, 15) is 13.2 Å². The van der Waals surface area contributed by atoms with Crippen molar-refractivity contribution in [2.45, 2.75) is 4.90 Å². The Labute approximate surface area is 151 Å². The number of sulfone groups is 1. The number of nitrogens with zero attached hydrogens (tertiary/aromatic N) is 1. The summed E-state index contributed by atoms with van der Waals surface area (Å²) >= 11 is 11.7. The number of nitrogens with one attached hydrogen (secondary N) is 1. The molecule has 0 saturated carbocycles. The number of rotatable bonds is 5. The summed E-state index contributed by atoms with van der Waals surface area (Å²) in [6, 6.07) is 10.7. The number of hydrogen-bond donors (Lipinski definition) is 1. The Morgan fingerprint density at radius 3 is 2.21 bits per heavy atom. The third-order valence-corrected chi connectivity index (χ3v) is 5.33. The largest absolute Gasteiger partial charge is 0.376 e. The minimum absolute atomic E-state index is 0.0426. The third-order valence-electron chi connectivity index (χ3n) is 3.21. The fraction of sp³-hybridized carbons (Fsp3) is 0.188. The summed E-state index contributed by atoms with van der Waals surface area (Å²) < 4.78 is 24.6. The average molecular weight is 387 g/mol. The van der Waals surface area contributed by atoms with Crippen LogP contribution in [-0.2, 0) is 14.6 Å². The van der Waals surface area contributed by atoms with Crippen LogP contribution in [0.3, 0.4) is 0 Å². The molecule has 128 valence electrons. The number of hydrogen-bond acceptors (Lipinski definition) is 4. The van der Waals surface area contributed by atoms with Crippen molar-refractivity contribution in [2.75, 3.05) is 30.1 Å². The molecule has 0 fully saturated rings. The summed E-state index contributed by atoms with van der Waals surface area (Å²) in [6.45, 7) is 0. The van der Waals surface area contributed by atoms with Gasteiger partial charge in [-0.15, -0.1) is 0 Å². The predicted octanol–water partition coefficient (Wildman–Crippen LogP) is 3.47. The van der Waals surface area contributed by atoms with Crippen LogP contribution in [0.5, 0.6) is 0 Å². The van der Waals surface area contributed by atoms with Crippen LogP contribution >= 0.6 is 23.2 Å². The Bertz CT molecular complexity index is 850. The van der Waals surface area contributed by atoms with Gasteiger partial charge in [0.1, 0.15) is 5.75 Å². The van der Waals surface area contributed by atoms with Gasteiger partial charge in [0.2, 0.25) is 5.91 Å². The fourth-order valence-electron chi connectivity index (χ4n) is 2.08. The van der Waals surface area contributed by atoms with Crippen molar-refractivity contribution in [1.29, 1.82) is 0 Å². The summed E-state index contributed by atoms with van der Waals surface area (Å²) in [5, 5.41) is 3.46. The number of benzene rings is 2. The van der Waals surface area contributed by atoms with Crippen LogP contribution in [0.15, 0.2) is 47.4 Å². The molecule has 5 nitrogen and oxygen atoms in total. The Balaban J connectivity index is 2.19. The van der Waals surface area contributed by atoms with Crippen LogP contribution in [0.1, 0.15) is 0 Å². The molecule has 0 aliphatic rings. The molecule has 0 bridgehead atoms. The normalized spacial score (nSPS) is 11.2. The van der Waals surface area contributed by atoms with Gasteiger partial charge >= 0.3 is 0 Å². The van der Waals surface area contributed by atoms with E-state index in [1.807, 2.05) is 14.1 Å². The number of carbonyl (C=O) groups is 1. The van der Waals surface area contributed by atoms with E-state index in [2.05, 4.69) is 5.32 Å². The van der Waals surface area contributed by atoms with Crippen molar-refractivity contribution >= 4 is 50.3 Å². The molecule has 0 radical (unpaired) electrons. The van der Waals surface area contributed by atoms with Gasteiger partial charge in [-0.3, -0.25) is 4.79 Å². The van der Waals surface area contributed by atoms with Crippen molar-refractivity contribution in [3.8, 4) is 0 Å². The van der Waals surface area contributed by atoms with Gasteiger partial charge in [0.05, 0.1) is 16.3 Å². The fourth-order valence-corrected chi connectivity index (χ4v) is 3.52. The molecule has 0 heterocycles. The number of anilines is 2. The van der Waals surface area contributed by atoms with E-state index in [1.165, 1.54) is 24.3 Å². The van der Waals surface area contributed by atoms with Gasteiger partial charge in [0.25, 0.3) is 0 Å². The maximum Gasteiger partial charge on any atom is 0.240 e. The first kappa shape index (κ1) is 18.6. The smallest absolute Gasteiger partial charge is 0.240 e. The predicted molar refractivity (Wildman–Crippen MR) is 97.9 cm³/mol. The lowest BCUT2D eigenvalue weighted by molar-refractivity contribution is -0.113. The second kappa shape index (κ2) is 7.42. The summed E-state index contributed by atoms with van der Waals surface area (Å²) in [6.07, 6.45) is 0. The molecule has 2 rings (SSSR count). The van der Waals surface area contributed by atoms with Crippen LogP contribution in [-0.4, -0.2) is 34.2 Å². The first-order chi connectivity index (χ1) is 11.2. The molecule has 0 aliphatic heterocycles. The molecular formula is C16H16Cl2N2O3S. The van der Waals surface area contributed by atoms with E-state index >= 15 is 0 Å². The van der Waals surface area contributed by atoms with Crippen LogP contribution < -0.4 is 10.2 Å². The molecule has 2 aromatic carbocycles. The molecular weight excluding hydrogens is 371 g/mol. The van der Waals surface area contributed by atoms with E-state index in [4.69, 9.17) is 23.2 Å². The van der Waals surface area contributed by atoms with Gasteiger partial charge in [-0.1, -0.05) is 23.2 Å². The highest BCUT2D eigenvalue weighted by Gasteiger charge is 2.20. The summed E-state index contributed by atoms with van der Waals surface area (Å²) in [7, 11) is -0.139. The van der Waals surface area contributed by atoms with Gasteiger partial charge < -0.3 is 10.2 Å². The number of amides is 1. The Hall–Kier alpha value is -1.76. The molecule has 24 heavy (non-hydrogen) atoms. The average Bonchev–Trinajstić information content (AvgIpc) is 2.46. The minimum atomic E-state index is -3.76. The second-order valence-electron chi connectivity index (χ2n) is 5.32. The number of carbonyl (C=O) groups excluding carboxylic acids is 1. The monoisotopic (exact) mass is 386 g/mol. The summed E-state index contributed by atoms with van der Waals surface area (Å²) in [5.74, 6) is -1.32. The lowest BCUT2D eigenvalue weighted by Crippen LogP contribution is -2.24. The lowest BCUT2D eigenvalue weighted by atomic mass is 10.2. The van der Waals surface area contributed by atoms with Crippen molar-refractivity contribution in [3.63, 3.8) is 0 Å².